The molecule has 3 nitrogen and oxygen atoms in total. The molecule has 1 atom stereocenters. The molecule has 1 N–H and O–H groups in total. The van der Waals surface area contributed by atoms with Crippen LogP contribution in [0.5, 0.6) is 0 Å². The van der Waals surface area contributed by atoms with Crippen molar-refractivity contribution >= 4 is 18.6 Å². The van der Waals surface area contributed by atoms with Crippen molar-refractivity contribution in [1.82, 2.24) is 0 Å². The standard InChI is InChI=1S/C5H10O3S/c1-2-8-4(3-9)5(6)7/h4,9H,2-3H2,1H3,(H,6,7). The Kier molecular flexibility index (Phi) is 4.53. The van der Waals surface area contributed by atoms with Crippen LogP contribution in [0.1, 0.15) is 6.92 Å². The van der Waals surface area contributed by atoms with Crippen molar-refractivity contribution in [3.05, 3.63) is 0 Å². The molecule has 0 radical (unpaired) electrons. The minimum absolute atomic E-state index is 0.225. The zero-order valence-corrected chi connectivity index (χ0v) is 6.10. The van der Waals surface area contributed by atoms with Gasteiger partial charge in [-0.3, -0.25) is 0 Å². The van der Waals surface area contributed by atoms with Crippen molar-refractivity contribution in [2.75, 3.05) is 12.4 Å². The highest BCUT2D eigenvalue weighted by molar-refractivity contribution is 7.80. The molecule has 1 unspecified atom stereocenters. The second-order valence-corrected chi connectivity index (χ2v) is 1.83. The van der Waals surface area contributed by atoms with Crippen LogP contribution >= 0.6 is 12.6 Å². The zero-order valence-electron chi connectivity index (χ0n) is 5.20. The minimum atomic E-state index is -0.952. The van der Waals surface area contributed by atoms with Gasteiger partial charge in [-0.1, -0.05) is 0 Å². The molecule has 0 amide bonds. The molecule has 0 saturated heterocycles. The van der Waals surface area contributed by atoms with E-state index in [1.165, 1.54) is 0 Å². The highest BCUT2D eigenvalue weighted by Crippen LogP contribution is 1.93. The Morgan fingerprint density at radius 3 is 2.56 bits per heavy atom. The summed E-state index contributed by atoms with van der Waals surface area (Å²) in [5, 5.41) is 8.33. The van der Waals surface area contributed by atoms with Gasteiger partial charge in [-0.15, -0.1) is 0 Å². The average molecular weight is 150 g/mol. The SMILES string of the molecule is CCOC(CS)C(=O)O. The number of hydrogen-bond acceptors (Lipinski definition) is 3. The van der Waals surface area contributed by atoms with E-state index in [4.69, 9.17) is 9.84 Å². The lowest BCUT2D eigenvalue weighted by molar-refractivity contribution is -0.148. The fourth-order valence-electron chi connectivity index (χ4n) is 0.403. The molecular weight excluding hydrogens is 140 g/mol. The van der Waals surface area contributed by atoms with Gasteiger partial charge in [0.15, 0.2) is 6.10 Å². The number of hydrogen-bond donors (Lipinski definition) is 2. The number of rotatable bonds is 4. The number of carbonyl (C=O) groups is 1. The summed E-state index contributed by atoms with van der Waals surface area (Å²) in [6, 6.07) is 0. The van der Waals surface area contributed by atoms with Gasteiger partial charge < -0.3 is 9.84 Å². The van der Waals surface area contributed by atoms with Gasteiger partial charge >= 0.3 is 5.97 Å². The van der Waals surface area contributed by atoms with Gasteiger partial charge in [0.25, 0.3) is 0 Å². The number of thiol groups is 1. The molecule has 0 heterocycles. The first-order valence-corrected chi connectivity index (χ1v) is 3.30. The van der Waals surface area contributed by atoms with Crippen LogP contribution in [0, 0.1) is 0 Å². The molecule has 0 aliphatic carbocycles. The summed E-state index contributed by atoms with van der Waals surface area (Å²) in [6.07, 6.45) is -0.752. The summed E-state index contributed by atoms with van der Waals surface area (Å²) in [5.41, 5.74) is 0. The van der Waals surface area contributed by atoms with Crippen LogP contribution in [0.4, 0.5) is 0 Å². The van der Waals surface area contributed by atoms with Crippen molar-refractivity contribution in [3.8, 4) is 0 Å². The zero-order chi connectivity index (χ0) is 7.28. The molecule has 0 aromatic heterocycles. The molecule has 0 aliphatic rings. The largest absolute Gasteiger partial charge is 0.479 e. The molecule has 0 spiro atoms. The van der Waals surface area contributed by atoms with Crippen LogP contribution in [-0.2, 0) is 9.53 Å². The molecule has 0 aromatic carbocycles. The van der Waals surface area contributed by atoms with Gasteiger partial charge in [-0.2, -0.15) is 12.6 Å². The summed E-state index contributed by atoms with van der Waals surface area (Å²) in [4.78, 5) is 10.1. The number of carboxylic acid groups (broad SMARTS) is 1. The quantitative estimate of drug-likeness (QED) is 0.570. The second-order valence-electron chi connectivity index (χ2n) is 1.46. The van der Waals surface area contributed by atoms with Crippen molar-refractivity contribution in [1.29, 1.82) is 0 Å². The van der Waals surface area contributed by atoms with E-state index in [1.54, 1.807) is 6.92 Å². The highest BCUT2D eigenvalue weighted by Gasteiger charge is 2.13. The lowest BCUT2D eigenvalue weighted by Gasteiger charge is -2.07. The Labute approximate surface area is 59.4 Å². The Hall–Kier alpha value is -0.220. The van der Waals surface area contributed by atoms with E-state index in [0.717, 1.165) is 0 Å². The van der Waals surface area contributed by atoms with Gasteiger partial charge in [0.1, 0.15) is 0 Å². The lowest BCUT2D eigenvalue weighted by atomic mass is 10.4. The Morgan fingerprint density at radius 2 is 2.44 bits per heavy atom. The third-order valence-electron chi connectivity index (χ3n) is 0.809. The van der Waals surface area contributed by atoms with Gasteiger partial charge in [0.2, 0.25) is 0 Å². The highest BCUT2D eigenvalue weighted by atomic mass is 32.1. The molecule has 0 fully saturated rings. The molecule has 4 heteroatoms. The van der Waals surface area contributed by atoms with Crippen LogP contribution in [0.3, 0.4) is 0 Å². The van der Waals surface area contributed by atoms with E-state index in [-0.39, 0.29) is 5.75 Å². The predicted molar refractivity (Wildman–Crippen MR) is 36.9 cm³/mol. The van der Waals surface area contributed by atoms with E-state index in [0.29, 0.717) is 6.61 Å². The van der Waals surface area contributed by atoms with Crippen molar-refractivity contribution < 1.29 is 14.6 Å². The molecule has 0 saturated carbocycles. The fourth-order valence-corrected chi connectivity index (χ4v) is 0.665. The average Bonchev–Trinajstić information content (AvgIpc) is 1.82. The van der Waals surface area contributed by atoms with Crippen molar-refractivity contribution in [2.45, 2.75) is 13.0 Å². The first-order chi connectivity index (χ1) is 4.22. The maximum atomic E-state index is 10.1. The van der Waals surface area contributed by atoms with E-state index in [1.807, 2.05) is 0 Å². The minimum Gasteiger partial charge on any atom is -0.479 e. The normalized spacial score (nSPS) is 13.1. The molecule has 0 bridgehead atoms. The Balaban J connectivity index is 3.54. The molecule has 9 heavy (non-hydrogen) atoms. The van der Waals surface area contributed by atoms with Crippen LogP contribution in [0.25, 0.3) is 0 Å². The summed E-state index contributed by atoms with van der Waals surface area (Å²) in [6.45, 7) is 2.16. The van der Waals surface area contributed by atoms with Crippen LogP contribution in [0.2, 0.25) is 0 Å². The van der Waals surface area contributed by atoms with E-state index >= 15 is 0 Å². The predicted octanol–water partition coefficient (Wildman–Crippen LogP) is 0.406. The van der Waals surface area contributed by atoms with Crippen LogP contribution < -0.4 is 0 Å². The smallest absolute Gasteiger partial charge is 0.333 e. The molecule has 0 rings (SSSR count). The maximum absolute atomic E-state index is 10.1. The van der Waals surface area contributed by atoms with Crippen molar-refractivity contribution in [3.63, 3.8) is 0 Å². The van der Waals surface area contributed by atoms with Crippen LogP contribution in [-0.4, -0.2) is 29.5 Å². The van der Waals surface area contributed by atoms with E-state index in [9.17, 15) is 4.79 Å². The maximum Gasteiger partial charge on any atom is 0.333 e. The molecule has 0 aromatic rings. The summed E-state index contributed by atoms with van der Waals surface area (Å²) >= 11 is 3.78. The monoisotopic (exact) mass is 150 g/mol. The molecular formula is C5H10O3S. The third-order valence-corrected chi connectivity index (χ3v) is 1.14. The third kappa shape index (κ3) is 3.37. The molecule has 0 aliphatic heterocycles. The first-order valence-electron chi connectivity index (χ1n) is 2.67. The Morgan fingerprint density at radius 1 is 1.89 bits per heavy atom. The van der Waals surface area contributed by atoms with E-state index in [2.05, 4.69) is 12.6 Å². The van der Waals surface area contributed by atoms with Gasteiger partial charge in [-0.05, 0) is 6.92 Å². The fraction of sp³-hybridized carbons (Fsp3) is 0.800. The van der Waals surface area contributed by atoms with Gasteiger partial charge in [0, 0.05) is 12.4 Å². The lowest BCUT2D eigenvalue weighted by Crippen LogP contribution is -2.25. The van der Waals surface area contributed by atoms with Gasteiger partial charge in [-0.25, -0.2) is 4.79 Å². The van der Waals surface area contributed by atoms with E-state index < -0.39 is 12.1 Å². The summed E-state index contributed by atoms with van der Waals surface area (Å²) in [5.74, 6) is -0.727. The number of carboxylic acids is 1. The summed E-state index contributed by atoms with van der Waals surface area (Å²) < 4.78 is 4.78. The Bertz CT molecular complexity index is 94.2. The first kappa shape index (κ1) is 8.78. The number of aliphatic carboxylic acids is 1. The second kappa shape index (κ2) is 4.64. The van der Waals surface area contributed by atoms with Crippen LogP contribution in [0.15, 0.2) is 0 Å². The summed E-state index contributed by atoms with van der Waals surface area (Å²) in [7, 11) is 0. The van der Waals surface area contributed by atoms with Gasteiger partial charge in [0.05, 0.1) is 0 Å². The van der Waals surface area contributed by atoms with Crippen molar-refractivity contribution in [2.24, 2.45) is 0 Å². The molecule has 54 valence electrons. The number of ether oxygens (including phenoxy) is 1. The topological polar surface area (TPSA) is 46.5 Å².